The number of fused-ring (bicyclic) bond motifs is 2. The third-order valence-electron chi connectivity index (χ3n) is 2.51. The second-order valence-corrected chi connectivity index (χ2v) is 4.32. The molecule has 1 nitrogen and oxygen atoms in total. The number of rotatable bonds is 0. The van der Waals surface area contributed by atoms with Gasteiger partial charge in [-0.05, 0) is 34.7 Å². The van der Waals surface area contributed by atoms with E-state index in [1.807, 2.05) is 23.6 Å². The zero-order valence-electron chi connectivity index (χ0n) is 7.10. The van der Waals surface area contributed by atoms with Crippen molar-refractivity contribution in [3.63, 3.8) is 0 Å². The van der Waals surface area contributed by atoms with Gasteiger partial charge in [-0.3, -0.25) is 4.99 Å². The van der Waals surface area contributed by atoms with Crippen molar-refractivity contribution in [1.82, 2.24) is 0 Å². The molecule has 1 aliphatic heterocycles. The highest BCUT2D eigenvalue weighted by molar-refractivity contribution is 7.10. The summed E-state index contributed by atoms with van der Waals surface area (Å²) in [7, 11) is 0. The van der Waals surface area contributed by atoms with Gasteiger partial charge in [0.1, 0.15) is 0 Å². The Morgan fingerprint density at radius 3 is 3.46 bits per heavy atom. The topological polar surface area (TPSA) is 12.4 Å². The lowest BCUT2D eigenvalue weighted by molar-refractivity contribution is 0.786. The van der Waals surface area contributed by atoms with Crippen LogP contribution in [-0.2, 0) is 6.42 Å². The zero-order valence-corrected chi connectivity index (χ0v) is 7.92. The molecule has 0 aromatic carbocycles. The van der Waals surface area contributed by atoms with Gasteiger partial charge in [0.2, 0.25) is 0 Å². The number of dihydropyridines is 1. The molecule has 1 aromatic rings. The molecule has 2 heterocycles. The summed E-state index contributed by atoms with van der Waals surface area (Å²) in [5.41, 5.74) is 2.74. The second-order valence-electron chi connectivity index (χ2n) is 3.32. The summed E-state index contributed by atoms with van der Waals surface area (Å²) in [6, 6.07) is 2.58. The lowest BCUT2D eigenvalue weighted by Crippen LogP contribution is -2.16. The molecule has 1 aliphatic carbocycles. The van der Waals surface area contributed by atoms with E-state index < -0.39 is 0 Å². The highest BCUT2D eigenvalue weighted by atomic mass is 32.1. The van der Waals surface area contributed by atoms with Crippen molar-refractivity contribution in [3.05, 3.63) is 39.6 Å². The third kappa shape index (κ3) is 1.10. The van der Waals surface area contributed by atoms with Crippen LogP contribution in [0.25, 0.3) is 6.08 Å². The van der Waals surface area contributed by atoms with E-state index in [1.54, 1.807) is 0 Å². The maximum atomic E-state index is 4.46. The van der Waals surface area contributed by atoms with Crippen LogP contribution in [0.5, 0.6) is 0 Å². The van der Waals surface area contributed by atoms with Gasteiger partial charge in [-0.2, -0.15) is 0 Å². The van der Waals surface area contributed by atoms with E-state index in [0.717, 1.165) is 6.42 Å². The number of thiophene rings is 1. The van der Waals surface area contributed by atoms with Gasteiger partial charge in [0.25, 0.3) is 0 Å². The quantitative estimate of drug-likeness (QED) is 0.592. The molecule has 0 spiro atoms. The van der Waals surface area contributed by atoms with Crippen molar-refractivity contribution in [1.29, 1.82) is 0 Å². The summed E-state index contributed by atoms with van der Waals surface area (Å²) in [4.78, 5) is 5.93. The van der Waals surface area contributed by atoms with Crippen LogP contribution in [0.1, 0.15) is 10.4 Å². The third-order valence-corrected chi connectivity index (χ3v) is 3.47. The predicted octanol–water partition coefficient (Wildman–Crippen LogP) is 2.70. The van der Waals surface area contributed by atoms with Crippen LogP contribution in [0.3, 0.4) is 0 Å². The highest BCUT2D eigenvalue weighted by Crippen LogP contribution is 2.31. The number of allylic oxidation sites excluding steroid dienone is 1. The molecular formula is C11H9NS. The lowest BCUT2D eigenvalue weighted by Gasteiger charge is -2.20. The molecule has 1 aromatic heterocycles. The van der Waals surface area contributed by atoms with Gasteiger partial charge in [-0.15, -0.1) is 11.3 Å². The lowest BCUT2D eigenvalue weighted by atomic mass is 9.93. The first-order valence-corrected chi connectivity index (χ1v) is 5.29. The normalized spacial score (nSPS) is 23.7. The largest absolute Gasteiger partial charge is 0.285 e. The summed E-state index contributed by atoms with van der Waals surface area (Å²) in [5, 5.41) is 2.16. The molecule has 64 valence electrons. The van der Waals surface area contributed by atoms with E-state index in [1.165, 1.54) is 16.0 Å². The molecule has 1 atom stereocenters. The fraction of sp³-hybridized carbons (Fsp3) is 0.182. The van der Waals surface area contributed by atoms with Crippen LogP contribution in [0, 0.1) is 0 Å². The number of aliphatic imine (C=N–C) groups is 1. The standard InChI is InChI=1S/C11H9NS/c1-2-8-6-9-3-5-13-11(9)7-10(8)12-4-1/h1-6,10H,7H2. The van der Waals surface area contributed by atoms with Crippen molar-refractivity contribution in [2.75, 3.05) is 0 Å². The van der Waals surface area contributed by atoms with E-state index in [4.69, 9.17) is 0 Å². The zero-order chi connectivity index (χ0) is 8.67. The molecule has 1 unspecified atom stereocenters. The van der Waals surface area contributed by atoms with Crippen molar-refractivity contribution in [2.45, 2.75) is 12.5 Å². The van der Waals surface area contributed by atoms with Crippen LogP contribution in [0.15, 0.2) is 34.2 Å². The molecule has 2 aliphatic rings. The van der Waals surface area contributed by atoms with Crippen molar-refractivity contribution >= 4 is 23.6 Å². The Bertz CT molecular complexity index is 423. The van der Waals surface area contributed by atoms with Crippen molar-refractivity contribution < 1.29 is 0 Å². The van der Waals surface area contributed by atoms with Gasteiger partial charge in [-0.25, -0.2) is 0 Å². The predicted molar refractivity (Wildman–Crippen MR) is 57.4 cm³/mol. The Morgan fingerprint density at radius 1 is 1.46 bits per heavy atom. The van der Waals surface area contributed by atoms with Gasteiger partial charge in [0.15, 0.2) is 0 Å². The molecule has 3 rings (SSSR count). The Kier molecular flexibility index (Phi) is 1.49. The first kappa shape index (κ1) is 7.27. The molecule has 0 amide bonds. The van der Waals surface area contributed by atoms with E-state index in [0.29, 0.717) is 6.04 Å². The Labute approximate surface area is 81.1 Å². The van der Waals surface area contributed by atoms with E-state index in [-0.39, 0.29) is 0 Å². The van der Waals surface area contributed by atoms with Crippen LogP contribution in [0.2, 0.25) is 0 Å². The molecule has 2 heteroatoms. The van der Waals surface area contributed by atoms with Gasteiger partial charge in [0, 0.05) is 17.5 Å². The minimum absolute atomic E-state index is 0.385. The second kappa shape index (κ2) is 2.67. The maximum absolute atomic E-state index is 4.46. The Hall–Kier alpha value is -1.15. The van der Waals surface area contributed by atoms with E-state index >= 15 is 0 Å². The smallest absolute Gasteiger partial charge is 0.0797 e. The summed E-state index contributed by atoms with van der Waals surface area (Å²) in [6.07, 6.45) is 9.42. The molecule has 0 radical (unpaired) electrons. The van der Waals surface area contributed by atoms with Gasteiger partial charge < -0.3 is 0 Å². The molecule has 0 bridgehead atoms. The Morgan fingerprint density at radius 2 is 2.46 bits per heavy atom. The number of hydrogen-bond acceptors (Lipinski definition) is 2. The summed E-state index contributed by atoms with van der Waals surface area (Å²) >= 11 is 1.84. The average molecular weight is 187 g/mol. The van der Waals surface area contributed by atoms with Crippen molar-refractivity contribution in [2.24, 2.45) is 4.99 Å². The molecule has 13 heavy (non-hydrogen) atoms. The molecule has 0 N–H and O–H groups in total. The Balaban J connectivity index is 2.13. The van der Waals surface area contributed by atoms with E-state index in [2.05, 4.69) is 28.6 Å². The molecule has 0 fully saturated rings. The van der Waals surface area contributed by atoms with Crippen LogP contribution in [-0.4, -0.2) is 12.3 Å². The monoisotopic (exact) mass is 187 g/mol. The first-order valence-electron chi connectivity index (χ1n) is 4.41. The molecule has 0 saturated carbocycles. The average Bonchev–Trinajstić information content (AvgIpc) is 2.61. The van der Waals surface area contributed by atoms with Crippen LogP contribution >= 0.6 is 11.3 Å². The van der Waals surface area contributed by atoms with Gasteiger partial charge in [-0.1, -0.05) is 6.08 Å². The summed E-state index contributed by atoms with van der Waals surface area (Å²) in [5.74, 6) is 0. The minimum Gasteiger partial charge on any atom is -0.285 e. The van der Waals surface area contributed by atoms with Crippen molar-refractivity contribution in [3.8, 4) is 0 Å². The number of hydrogen-bond donors (Lipinski definition) is 0. The van der Waals surface area contributed by atoms with Crippen LogP contribution < -0.4 is 0 Å². The minimum atomic E-state index is 0.385. The first-order chi connectivity index (χ1) is 6.43. The fourth-order valence-electron chi connectivity index (χ4n) is 1.82. The molecule has 0 saturated heterocycles. The SMILES string of the molecule is C1=CC2=Cc3ccsc3CC2N=C1. The van der Waals surface area contributed by atoms with E-state index in [9.17, 15) is 0 Å². The summed E-state index contributed by atoms with van der Waals surface area (Å²) in [6.45, 7) is 0. The number of nitrogens with zero attached hydrogens (tertiary/aromatic N) is 1. The highest BCUT2D eigenvalue weighted by Gasteiger charge is 2.20. The summed E-state index contributed by atoms with van der Waals surface area (Å²) < 4.78 is 0. The fourth-order valence-corrected chi connectivity index (χ4v) is 2.72. The van der Waals surface area contributed by atoms with Gasteiger partial charge in [0.05, 0.1) is 6.04 Å². The van der Waals surface area contributed by atoms with Crippen LogP contribution in [0.4, 0.5) is 0 Å². The maximum Gasteiger partial charge on any atom is 0.0797 e. The van der Waals surface area contributed by atoms with Gasteiger partial charge >= 0.3 is 0 Å². The molecular weight excluding hydrogens is 178 g/mol.